The van der Waals surface area contributed by atoms with Crippen LogP contribution >= 0.6 is 23.4 Å². The van der Waals surface area contributed by atoms with E-state index in [2.05, 4.69) is 42.5 Å². The fourth-order valence-corrected chi connectivity index (χ4v) is 3.75. The van der Waals surface area contributed by atoms with Crippen molar-refractivity contribution in [1.29, 1.82) is 0 Å². The van der Waals surface area contributed by atoms with Crippen LogP contribution in [0.25, 0.3) is 0 Å². The Labute approximate surface area is 111 Å². The zero-order chi connectivity index (χ0) is 11.7. The number of hydrogen-bond acceptors (Lipinski definition) is 1. The lowest BCUT2D eigenvalue weighted by Crippen LogP contribution is -2.04. The SMILES string of the molecule is Clc1ccc2c(c1)CCC(c1ccccc1)S2. The van der Waals surface area contributed by atoms with E-state index in [4.69, 9.17) is 11.6 Å². The summed E-state index contributed by atoms with van der Waals surface area (Å²) in [6, 6.07) is 17.0. The summed E-state index contributed by atoms with van der Waals surface area (Å²) in [6.07, 6.45) is 2.32. The van der Waals surface area contributed by atoms with Crippen molar-refractivity contribution in [1.82, 2.24) is 0 Å². The van der Waals surface area contributed by atoms with Gasteiger partial charge in [0.1, 0.15) is 0 Å². The van der Waals surface area contributed by atoms with Crippen LogP contribution in [-0.2, 0) is 6.42 Å². The number of benzene rings is 2. The molecule has 0 nitrogen and oxygen atoms in total. The molecular formula is C15H13ClS. The van der Waals surface area contributed by atoms with E-state index in [1.165, 1.54) is 22.4 Å². The standard InChI is InChI=1S/C15H13ClS/c16-13-7-9-15-12(10-13)6-8-14(17-15)11-4-2-1-3-5-11/h1-5,7,9-10,14H,6,8H2. The van der Waals surface area contributed by atoms with E-state index >= 15 is 0 Å². The van der Waals surface area contributed by atoms with Crippen molar-refractivity contribution in [2.45, 2.75) is 23.0 Å². The minimum absolute atomic E-state index is 0.588. The van der Waals surface area contributed by atoms with Gasteiger partial charge in [0.15, 0.2) is 0 Å². The third kappa shape index (κ3) is 2.36. The lowest BCUT2D eigenvalue weighted by molar-refractivity contribution is 0.772. The van der Waals surface area contributed by atoms with Gasteiger partial charge in [-0.25, -0.2) is 0 Å². The Hall–Kier alpha value is -0.920. The summed E-state index contributed by atoms with van der Waals surface area (Å²) >= 11 is 7.98. The van der Waals surface area contributed by atoms with Crippen molar-refractivity contribution in [2.75, 3.05) is 0 Å². The molecule has 0 saturated heterocycles. The molecule has 17 heavy (non-hydrogen) atoms. The molecule has 2 aromatic rings. The molecule has 1 aliphatic rings. The molecule has 0 fully saturated rings. The van der Waals surface area contributed by atoms with Gasteiger partial charge >= 0.3 is 0 Å². The minimum Gasteiger partial charge on any atom is -0.118 e. The van der Waals surface area contributed by atoms with Gasteiger partial charge in [0.2, 0.25) is 0 Å². The molecule has 0 bridgehead atoms. The number of fused-ring (bicyclic) bond motifs is 1. The molecule has 0 saturated carbocycles. The molecule has 1 heterocycles. The number of aryl methyl sites for hydroxylation is 1. The minimum atomic E-state index is 0.588. The molecule has 0 amide bonds. The highest BCUT2D eigenvalue weighted by Crippen LogP contribution is 2.44. The van der Waals surface area contributed by atoms with Gasteiger partial charge in [0.05, 0.1) is 0 Å². The Morgan fingerprint density at radius 1 is 1.06 bits per heavy atom. The van der Waals surface area contributed by atoms with Gasteiger partial charge in [-0.1, -0.05) is 41.9 Å². The molecule has 0 N–H and O–H groups in total. The number of hydrogen-bond donors (Lipinski definition) is 0. The second-order valence-corrected chi connectivity index (χ2v) is 5.99. The first-order chi connectivity index (χ1) is 8.33. The maximum absolute atomic E-state index is 6.02. The molecule has 0 aromatic heterocycles. The van der Waals surface area contributed by atoms with Crippen LogP contribution in [-0.4, -0.2) is 0 Å². The summed E-state index contributed by atoms with van der Waals surface area (Å²) in [5, 5.41) is 1.44. The maximum atomic E-state index is 6.02. The molecule has 0 radical (unpaired) electrons. The third-order valence-electron chi connectivity index (χ3n) is 3.14. The lowest BCUT2D eigenvalue weighted by Gasteiger charge is -2.24. The summed E-state index contributed by atoms with van der Waals surface area (Å²) in [4.78, 5) is 1.38. The Kier molecular flexibility index (Phi) is 3.13. The van der Waals surface area contributed by atoms with E-state index in [-0.39, 0.29) is 0 Å². The van der Waals surface area contributed by atoms with E-state index in [9.17, 15) is 0 Å². The molecule has 3 rings (SSSR count). The van der Waals surface area contributed by atoms with Gasteiger partial charge in [0, 0.05) is 15.2 Å². The van der Waals surface area contributed by atoms with Crippen LogP contribution in [0.5, 0.6) is 0 Å². The Morgan fingerprint density at radius 2 is 1.88 bits per heavy atom. The smallest absolute Gasteiger partial charge is 0.0409 e. The molecule has 0 aliphatic carbocycles. The average Bonchev–Trinajstić information content (AvgIpc) is 2.39. The van der Waals surface area contributed by atoms with Gasteiger partial charge < -0.3 is 0 Å². The van der Waals surface area contributed by atoms with Crippen LogP contribution in [0.3, 0.4) is 0 Å². The average molecular weight is 261 g/mol. The van der Waals surface area contributed by atoms with Gasteiger partial charge in [-0.2, -0.15) is 0 Å². The summed E-state index contributed by atoms with van der Waals surface area (Å²) in [6.45, 7) is 0. The molecule has 2 heteroatoms. The van der Waals surface area contributed by atoms with Crippen molar-refractivity contribution in [2.24, 2.45) is 0 Å². The van der Waals surface area contributed by atoms with Crippen molar-refractivity contribution in [3.8, 4) is 0 Å². The highest BCUT2D eigenvalue weighted by atomic mass is 35.5. The van der Waals surface area contributed by atoms with Crippen LogP contribution in [0.1, 0.15) is 22.8 Å². The van der Waals surface area contributed by atoms with E-state index in [0.717, 1.165) is 11.4 Å². The predicted octanol–water partition coefficient (Wildman–Crippen LogP) is 5.12. The van der Waals surface area contributed by atoms with Gasteiger partial charge in [-0.3, -0.25) is 0 Å². The first-order valence-corrected chi connectivity index (χ1v) is 7.09. The molecular weight excluding hydrogens is 248 g/mol. The molecule has 86 valence electrons. The van der Waals surface area contributed by atoms with Gasteiger partial charge in [-0.15, -0.1) is 11.8 Å². The number of rotatable bonds is 1. The molecule has 1 atom stereocenters. The zero-order valence-electron chi connectivity index (χ0n) is 9.40. The van der Waals surface area contributed by atoms with Crippen molar-refractivity contribution in [3.63, 3.8) is 0 Å². The zero-order valence-corrected chi connectivity index (χ0v) is 11.0. The Bertz CT molecular complexity index is 522. The van der Waals surface area contributed by atoms with Gasteiger partial charge in [0.25, 0.3) is 0 Å². The fraction of sp³-hybridized carbons (Fsp3) is 0.200. The van der Waals surface area contributed by atoms with Crippen LogP contribution in [0.2, 0.25) is 5.02 Å². The van der Waals surface area contributed by atoms with Crippen LogP contribution < -0.4 is 0 Å². The van der Waals surface area contributed by atoms with E-state index in [1.54, 1.807) is 0 Å². The Morgan fingerprint density at radius 3 is 2.71 bits per heavy atom. The maximum Gasteiger partial charge on any atom is 0.0409 e. The number of thioether (sulfide) groups is 1. The second-order valence-electron chi connectivity index (χ2n) is 4.31. The molecule has 1 unspecified atom stereocenters. The van der Waals surface area contributed by atoms with Crippen LogP contribution in [0.4, 0.5) is 0 Å². The molecule has 2 aromatic carbocycles. The second kappa shape index (κ2) is 4.75. The highest BCUT2D eigenvalue weighted by Gasteiger charge is 2.20. The monoisotopic (exact) mass is 260 g/mol. The van der Waals surface area contributed by atoms with Crippen molar-refractivity contribution in [3.05, 3.63) is 64.7 Å². The quantitative estimate of drug-likeness (QED) is 0.686. The first kappa shape index (κ1) is 11.2. The van der Waals surface area contributed by atoms with Crippen molar-refractivity contribution < 1.29 is 0 Å². The van der Waals surface area contributed by atoms with Crippen LogP contribution in [0.15, 0.2) is 53.4 Å². The van der Waals surface area contributed by atoms with Gasteiger partial charge in [-0.05, 0) is 42.2 Å². The molecule has 0 spiro atoms. The summed E-state index contributed by atoms with van der Waals surface area (Å²) < 4.78 is 0. The topological polar surface area (TPSA) is 0 Å². The number of halogens is 1. The fourth-order valence-electron chi connectivity index (χ4n) is 2.26. The van der Waals surface area contributed by atoms with E-state index < -0.39 is 0 Å². The highest BCUT2D eigenvalue weighted by molar-refractivity contribution is 7.99. The summed E-state index contributed by atoms with van der Waals surface area (Å²) in [7, 11) is 0. The molecule has 1 aliphatic heterocycles. The normalized spacial score (nSPS) is 18.8. The Balaban J connectivity index is 1.88. The van der Waals surface area contributed by atoms with Crippen LogP contribution in [0, 0.1) is 0 Å². The predicted molar refractivity (Wildman–Crippen MR) is 74.8 cm³/mol. The van der Waals surface area contributed by atoms with E-state index in [1.807, 2.05) is 17.8 Å². The summed E-state index contributed by atoms with van der Waals surface area (Å²) in [5.74, 6) is 0. The van der Waals surface area contributed by atoms with E-state index in [0.29, 0.717) is 5.25 Å². The summed E-state index contributed by atoms with van der Waals surface area (Å²) in [5.41, 5.74) is 2.83. The third-order valence-corrected chi connectivity index (χ3v) is 4.82. The first-order valence-electron chi connectivity index (χ1n) is 5.83. The largest absolute Gasteiger partial charge is 0.118 e. The van der Waals surface area contributed by atoms with Crippen molar-refractivity contribution >= 4 is 23.4 Å². The lowest BCUT2D eigenvalue weighted by atomic mass is 10.0.